The van der Waals surface area contributed by atoms with E-state index in [4.69, 9.17) is 16.3 Å². The van der Waals surface area contributed by atoms with E-state index in [0.717, 1.165) is 23.1 Å². The van der Waals surface area contributed by atoms with Crippen molar-refractivity contribution in [1.29, 1.82) is 0 Å². The largest absolute Gasteiger partial charge is 0.497 e. The van der Waals surface area contributed by atoms with Crippen LogP contribution in [-0.4, -0.2) is 7.11 Å². The zero-order valence-corrected chi connectivity index (χ0v) is 13.1. The third-order valence-electron chi connectivity index (χ3n) is 3.08. The fourth-order valence-electron chi connectivity index (χ4n) is 1.98. The number of methoxy groups -OCH3 is 1. The van der Waals surface area contributed by atoms with Crippen molar-refractivity contribution in [2.75, 3.05) is 7.11 Å². The van der Waals surface area contributed by atoms with Crippen LogP contribution >= 0.6 is 27.5 Å². The lowest BCUT2D eigenvalue weighted by Crippen LogP contribution is -1.95. The van der Waals surface area contributed by atoms with Gasteiger partial charge >= 0.3 is 0 Å². The maximum atomic E-state index is 6.44. The molecule has 3 heteroatoms. The van der Waals surface area contributed by atoms with Crippen molar-refractivity contribution >= 4 is 27.5 Å². The Bertz CT molecular complexity index is 528. The maximum Gasteiger partial charge on any atom is 0.119 e. The first-order valence-corrected chi connectivity index (χ1v) is 7.45. The molecule has 0 N–H and O–H groups in total. The number of alkyl halides is 1. The van der Waals surface area contributed by atoms with Crippen LogP contribution in [-0.2, 0) is 6.42 Å². The van der Waals surface area contributed by atoms with Crippen LogP contribution in [0.3, 0.4) is 0 Å². The number of ether oxygens (including phenoxy) is 1. The van der Waals surface area contributed by atoms with E-state index in [0.29, 0.717) is 0 Å². The molecule has 0 heterocycles. The molecule has 0 aliphatic heterocycles. The average molecular weight is 340 g/mol. The van der Waals surface area contributed by atoms with Gasteiger partial charge in [-0.15, -0.1) is 11.6 Å². The molecule has 0 fully saturated rings. The Hall–Kier alpha value is -0.990. The summed E-state index contributed by atoms with van der Waals surface area (Å²) in [4.78, 5) is 0. The van der Waals surface area contributed by atoms with Crippen molar-refractivity contribution in [2.24, 2.45) is 0 Å². The normalized spacial score (nSPS) is 12.2. The molecular formula is C16H16BrClO. The van der Waals surface area contributed by atoms with Gasteiger partial charge in [0, 0.05) is 4.47 Å². The van der Waals surface area contributed by atoms with Gasteiger partial charge in [-0.2, -0.15) is 0 Å². The van der Waals surface area contributed by atoms with Crippen LogP contribution < -0.4 is 4.74 Å². The highest BCUT2D eigenvalue weighted by atomic mass is 79.9. The molecule has 0 bridgehead atoms. The Balaban J connectivity index is 2.02. The Morgan fingerprint density at radius 2 is 1.89 bits per heavy atom. The second kappa shape index (κ2) is 6.97. The van der Waals surface area contributed by atoms with Gasteiger partial charge < -0.3 is 4.74 Å². The predicted octanol–water partition coefficient (Wildman–Crippen LogP) is 5.37. The highest BCUT2D eigenvalue weighted by Crippen LogP contribution is 2.29. The molecule has 0 aliphatic rings. The van der Waals surface area contributed by atoms with Gasteiger partial charge in [0.1, 0.15) is 5.75 Å². The topological polar surface area (TPSA) is 9.23 Å². The van der Waals surface area contributed by atoms with Gasteiger partial charge in [0.25, 0.3) is 0 Å². The molecule has 0 saturated carbocycles. The zero-order valence-electron chi connectivity index (χ0n) is 10.8. The number of hydrogen-bond acceptors (Lipinski definition) is 1. The summed E-state index contributed by atoms with van der Waals surface area (Å²) in [5.74, 6) is 0.879. The Morgan fingerprint density at radius 3 is 2.58 bits per heavy atom. The van der Waals surface area contributed by atoms with Crippen molar-refractivity contribution in [3.05, 3.63) is 64.1 Å². The van der Waals surface area contributed by atoms with E-state index in [-0.39, 0.29) is 5.38 Å². The molecule has 19 heavy (non-hydrogen) atoms. The molecule has 0 amide bonds. The summed E-state index contributed by atoms with van der Waals surface area (Å²) in [6, 6.07) is 16.2. The molecular weight excluding hydrogens is 324 g/mol. The van der Waals surface area contributed by atoms with Crippen LogP contribution in [0.5, 0.6) is 5.75 Å². The fraction of sp³-hybridized carbons (Fsp3) is 0.250. The van der Waals surface area contributed by atoms with Gasteiger partial charge in [-0.05, 0) is 42.2 Å². The van der Waals surface area contributed by atoms with Gasteiger partial charge in [0.15, 0.2) is 0 Å². The first kappa shape index (κ1) is 14.4. The summed E-state index contributed by atoms with van der Waals surface area (Å²) in [7, 11) is 1.68. The summed E-state index contributed by atoms with van der Waals surface area (Å²) >= 11 is 10.0. The Kier molecular flexibility index (Phi) is 5.29. The summed E-state index contributed by atoms with van der Waals surface area (Å²) < 4.78 is 6.35. The molecule has 0 aliphatic carbocycles. The molecule has 2 aromatic carbocycles. The second-order valence-electron chi connectivity index (χ2n) is 4.37. The minimum absolute atomic E-state index is 0.0410. The SMILES string of the molecule is COc1ccc(Br)c(CCC(Cl)c2ccccc2)c1. The zero-order chi connectivity index (χ0) is 13.7. The van der Waals surface area contributed by atoms with Crippen LogP contribution in [0, 0.1) is 0 Å². The highest BCUT2D eigenvalue weighted by Gasteiger charge is 2.09. The van der Waals surface area contributed by atoms with Crippen LogP contribution in [0.1, 0.15) is 22.9 Å². The fourth-order valence-corrected chi connectivity index (χ4v) is 2.68. The first-order chi connectivity index (χ1) is 9.20. The minimum atomic E-state index is 0.0410. The van der Waals surface area contributed by atoms with Gasteiger partial charge in [-0.3, -0.25) is 0 Å². The lowest BCUT2D eigenvalue weighted by Gasteiger charge is -2.11. The van der Waals surface area contributed by atoms with Crippen molar-refractivity contribution in [3.8, 4) is 5.75 Å². The van der Waals surface area contributed by atoms with E-state index in [1.165, 1.54) is 11.1 Å². The van der Waals surface area contributed by atoms with E-state index in [1.807, 2.05) is 30.3 Å². The van der Waals surface area contributed by atoms with Gasteiger partial charge in [0.05, 0.1) is 12.5 Å². The Labute approximate surface area is 127 Å². The highest BCUT2D eigenvalue weighted by molar-refractivity contribution is 9.10. The molecule has 1 atom stereocenters. The molecule has 0 spiro atoms. The summed E-state index contributed by atoms with van der Waals surface area (Å²) in [5, 5.41) is 0.0410. The molecule has 2 aromatic rings. The van der Waals surface area contributed by atoms with E-state index >= 15 is 0 Å². The van der Waals surface area contributed by atoms with Crippen LogP contribution in [0.2, 0.25) is 0 Å². The van der Waals surface area contributed by atoms with Crippen LogP contribution in [0.25, 0.3) is 0 Å². The number of aryl methyl sites for hydroxylation is 1. The lowest BCUT2D eigenvalue weighted by atomic mass is 10.0. The summed E-state index contributed by atoms with van der Waals surface area (Å²) in [6.45, 7) is 0. The number of halogens is 2. The Morgan fingerprint density at radius 1 is 1.16 bits per heavy atom. The minimum Gasteiger partial charge on any atom is -0.497 e. The van der Waals surface area contributed by atoms with Crippen molar-refractivity contribution in [1.82, 2.24) is 0 Å². The van der Waals surface area contributed by atoms with E-state index < -0.39 is 0 Å². The summed E-state index contributed by atoms with van der Waals surface area (Å²) in [5.41, 5.74) is 2.39. The van der Waals surface area contributed by atoms with E-state index in [2.05, 4.69) is 34.1 Å². The molecule has 0 saturated heterocycles. The van der Waals surface area contributed by atoms with Crippen LogP contribution in [0.15, 0.2) is 53.0 Å². The number of benzene rings is 2. The standard InChI is InChI=1S/C16H16BrClO/c1-19-14-8-9-15(17)13(11-14)7-10-16(18)12-5-3-2-4-6-12/h2-6,8-9,11,16H,7,10H2,1H3. The summed E-state index contributed by atoms with van der Waals surface area (Å²) in [6.07, 6.45) is 1.82. The van der Waals surface area contributed by atoms with Crippen molar-refractivity contribution in [2.45, 2.75) is 18.2 Å². The number of rotatable bonds is 5. The molecule has 100 valence electrons. The quantitative estimate of drug-likeness (QED) is 0.665. The molecule has 0 radical (unpaired) electrons. The average Bonchev–Trinajstić information content (AvgIpc) is 2.47. The first-order valence-electron chi connectivity index (χ1n) is 6.22. The van der Waals surface area contributed by atoms with Crippen molar-refractivity contribution in [3.63, 3.8) is 0 Å². The van der Waals surface area contributed by atoms with E-state index in [9.17, 15) is 0 Å². The molecule has 1 nitrogen and oxygen atoms in total. The number of hydrogen-bond donors (Lipinski definition) is 0. The lowest BCUT2D eigenvalue weighted by molar-refractivity contribution is 0.414. The van der Waals surface area contributed by atoms with E-state index in [1.54, 1.807) is 7.11 Å². The third-order valence-corrected chi connectivity index (χ3v) is 4.33. The maximum absolute atomic E-state index is 6.44. The van der Waals surface area contributed by atoms with Gasteiger partial charge in [-0.25, -0.2) is 0 Å². The molecule has 0 aromatic heterocycles. The molecule has 1 unspecified atom stereocenters. The van der Waals surface area contributed by atoms with Crippen LogP contribution in [0.4, 0.5) is 0 Å². The molecule has 2 rings (SSSR count). The smallest absolute Gasteiger partial charge is 0.119 e. The van der Waals surface area contributed by atoms with Gasteiger partial charge in [0.2, 0.25) is 0 Å². The third kappa shape index (κ3) is 3.99. The van der Waals surface area contributed by atoms with Crippen molar-refractivity contribution < 1.29 is 4.74 Å². The second-order valence-corrected chi connectivity index (χ2v) is 5.76. The monoisotopic (exact) mass is 338 g/mol. The van der Waals surface area contributed by atoms with Gasteiger partial charge in [-0.1, -0.05) is 46.3 Å². The predicted molar refractivity (Wildman–Crippen MR) is 84.1 cm³/mol.